The van der Waals surface area contributed by atoms with Crippen LogP contribution < -0.4 is 0 Å². The molecule has 0 saturated heterocycles. The average Bonchev–Trinajstić information content (AvgIpc) is 2.14. The topological polar surface area (TPSA) is 0 Å². The molecule has 0 aliphatic carbocycles. The van der Waals surface area contributed by atoms with E-state index in [1.54, 1.807) is 6.16 Å². The first-order chi connectivity index (χ1) is 5.74. The third-order valence-corrected chi connectivity index (χ3v) is 9.47. The summed E-state index contributed by atoms with van der Waals surface area (Å²) >= 11 is 0. The van der Waals surface area contributed by atoms with Crippen molar-refractivity contribution in [2.75, 3.05) is 24.6 Å². The van der Waals surface area contributed by atoms with E-state index < -0.39 is 7.26 Å². The van der Waals surface area contributed by atoms with Gasteiger partial charge in [-0.2, -0.15) is 0 Å². The van der Waals surface area contributed by atoms with Gasteiger partial charge in [0.1, 0.15) is 0 Å². The minimum absolute atomic E-state index is 0.755. The maximum absolute atomic E-state index is 2.41. The molecule has 0 unspecified atom stereocenters. The van der Waals surface area contributed by atoms with Crippen molar-refractivity contribution in [3.05, 3.63) is 0 Å². The van der Waals surface area contributed by atoms with E-state index in [2.05, 4.69) is 27.7 Å². The summed E-state index contributed by atoms with van der Waals surface area (Å²) in [4.78, 5) is 0. The van der Waals surface area contributed by atoms with Gasteiger partial charge in [0.25, 0.3) is 0 Å². The number of hydrogen-bond acceptors (Lipinski definition) is 0. The Morgan fingerprint density at radius 3 is 1.58 bits per heavy atom. The fraction of sp³-hybridized carbons (Fsp3) is 1.00. The van der Waals surface area contributed by atoms with Gasteiger partial charge in [-0.3, -0.25) is 0 Å². The Balaban J connectivity index is 3.76. The molecule has 1 heteroatoms. The molecule has 12 heavy (non-hydrogen) atoms. The second-order valence-electron chi connectivity index (χ2n) is 4.02. The molecule has 0 aliphatic rings. The van der Waals surface area contributed by atoms with E-state index in [1.807, 2.05) is 0 Å². The zero-order chi connectivity index (χ0) is 9.45. The number of rotatable bonds is 7. The van der Waals surface area contributed by atoms with Crippen LogP contribution in [0.15, 0.2) is 0 Å². The molecular formula is C11H27P. The van der Waals surface area contributed by atoms with Crippen molar-refractivity contribution in [1.29, 1.82) is 0 Å². The molecule has 0 aromatic rings. The second-order valence-corrected chi connectivity index (χ2v) is 9.64. The van der Waals surface area contributed by atoms with Crippen molar-refractivity contribution < 1.29 is 0 Å². The number of hydrogen-bond donors (Lipinski definition) is 0. The van der Waals surface area contributed by atoms with E-state index in [-0.39, 0.29) is 0 Å². The first-order valence-electron chi connectivity index (χ1n) is 5.74. The van der Waals surface area contributed by atoms with Gasteiger partial charge in [0.2, 0.25) is 0 Å². The summed E-state index contributed by atoms with van der Waals surface area (Å²) in [5.41, 5.74) is 0. The van der Waals surface area contributed by atoms with Crippen molar-refractivity contribution in [3.63, 3.8) is 0 Å². The molecule has 0 fully saturated rings. The quantitative estimate of drug-likeness (QED) is 0.420. The molecule has 0 aromatic heterocycles. The van der Waals surface area contributed by atoms with E-state index in [4.69, 9.17) is 0 Å². The molecule has 0 bridgehead atoms. The Labute approximate surface area is 79.5 Å². The Hall–Kier alpha value is 0.430. The first kappa shape index (κ1) is 12.4. The van der Waals surface area contributed by atoms with Crippen LogP contribution in [0.3, 0.4) is 0 Å². The van der Waals surface area contributed by atoms with Gasteiger partial charge in [0.15, 0.2) is 0 Å². The van der Waals surface area contributed by atoms with Crippen LogP contribution in [0.1, 0.15) is 47.0 Å². The fourth-order valence-corrected chi connectivity index (χ4v) is 5.59. The van der Waals surface area contributed by atoms with Crippen molar-refractivity contribution in [3.8, 4) is 0 Å². The van der Waals surface area contributed by atoms with Gasteiger partial charge in [-0.1, -0.05) is 0 Å². The molecule has 0 atom stereocenters. The standard InChI is InChI=1S/C11H27P/c1-5-9-10-11-12(6-2,7-3)8-4/h12H,5-11H2,1-4H3. The Bertz CT molecular complexity index is 86.9. The van der Waals surface area contributed by atoms with Crippen LogP contribution >= 0.6 is 7.26 Å². The first-order valence-corrected chi connectivity index (χ1v) is 8.57. The SMILES string of the molecule is CCCCC[PH](CC)(CC)CC. The molecule has 0 aromatic carbocycles. The molecule has 0 radical (unpaired) electrons. The Morgan fingerprint density at radius 2 is 1.25 bits per heavy atom. The van der Waals surface area contributed by atoms with Gasteiger partial charge in [-0.15, -0.1) is 0 Å². The Morgan fingerprint density at radius 1 is 0.750 bits per heavy atom. The van der Waals surface area contributed by atoms with Gasteiger partial charge in [-0.05, 0) is 0 Å². The third kappa shape index (κ3) is 3.90. The predicted octanol–water partition coefficient (Wildman–Crippen LogP) is 3.99. The predicted molar refractivity (Wildman–Crippen MR) is 64.3 cm³/mol. The van der Waals surface area contributed by atoms with E-state index in [0.29, 0.717) is 0 Å². The molecule has 0 saturated carbocycles. The van der Waals surface area contributed by atoms with Gasteiger partial charge in [0.05, 0.1) is 0 Å². The minimum atomic E-state index is -0.755. The van der Waals surface area contributed by atoms with E-state index in [0.717, 1.165) is 0 Å². The van der Waals surface area contributed by atoms with Crippen LogP contribution in [0.4, 0.5) is 0 Å². The van der Waals surface area contributed by atoms with Gasteiger partial charge in [-0.25, -0.2) is 0 Å². The summed E-state index contributed by atoms with van der Waals surface area (Å²) in [7, 11) is -0.755. The van der Waals surface area contributed by atoms with Crippen LogP contribution in [-0.4, -0.2) is 24.6 Å². The molecular weight excluding hydrogens is 163 g/mol. The average molecular weight is 190 g/mol. The molecule has 76 valence electrons. The molecule has 0 spiro atoms. The summed E-state index contributed by atoms with van der Waals surface area (Å²) in [6.07, 6.45) is 10.4. The van der Waals surface area contributed by atoms with Crippen molar-refractivity contribution in [1.82, 2.24) is 0 Å². The fourth-order valence-electron chi connectivity index (χ4n) is 2.03. The molecule has 0 nitrogen and oxygen atoms in total. The third-order valence-electron chi connectivity index (χ3n) is 3.56. The second kappa shape index (κ2) is 6.89. The monoisotopic (exact) mass is 190 g/mol. The van der Waals surface area contributed by atoms with E-state index in [1.165, 1.54) is 37.7 Å². The van der Waals surface area contributed by atoms with Crippen molar-refractivity contribution in [2.45, 2.75) is 47.0 Å². The molecule has 0 N–H and O–H groups in total. The van der Waals surface area contributed by atoms with E-state index in [9.17, 15) is 0 Å². The van der Waals surface area contributed by atoms with Gasteiger partial charge in [0, 0.05) is 0 Å². The van der Waals surface area contributed by atoms with Crippen LogP contribution in [0.25, 0.3) is 0 Å². The van der Waals surface area contributed by atoms with Crippen molar-refractivity contribution in [2.24, 2.45) is 0 Å². The van der Waals surface area contributed by atoms with Crippen LogP contribution in [-0.2, 0) is 0 Å². The normalized spacial score (nSPS) is 13.3. The maximum atomic E-state index is 2.41. The van der Waals surface area contributed by atoms with Gasteiger partial charge >= 0.3 is 78.9 Å². The molecule has 0 heterocycles. The number of unbranched alkanes of at least 4 members (excludes halogenated alkanes) is 2. The molecule has 0 amide bonds. The zero-order valence-electron chi connectivity index (χ0n) is 9.45. The zero-order valence-corrected chi connectivity index (χ0v) is 10.4. The summed E-state index contributed by atoms with van der Waals surface area (Å²) in [5.74, 6) is 0. The summed E-state index contributed by atoms with van der Waals surface area (Å²) in [5, 5.41) is 0. The summed E-state index contributed by atoms with van der Waals surface area (Å²) < 4.78 is 0. The van der Waals surface area contributed by atoms with E-state index >= 15 is 0 Å². The van der Waals surface area contributed by atoms with Crippen LogP contribution in [0, 0.1) is 0 Å². The molecule has 0 rings (SSSR count). The van der Waals surface area contributed by atoms with Crippen LogP contribution in [0.2, 0.25) is 0 Å². The van der Waals surface area contributed by atoms with Crippen LogP contribution in [0.5, 0.6) is 0 Å². The summed E-state index contributed by atoms with van der Waals surface area (Å²) in [6.45, 7) is 9.52. The summed E-state index contributed by atoms with van der Waals surface area (Å²) in [6, 6.07) is 0. The van der Waals surface area contributed by atoms with Crippen molar-refractivity contribution >= 4 is 7.26 Å². The Kier molecular flexibility index (Phi) is 7.14. The molecule has 0 aliphatic heterocycles. The van der Waals surface area contributed by atoms with Gasteiger partial charge < -0.3 is 0 Å².